The fraction of sp³-hybridized carbons (Fsp3) is 0.346. The Morgan fingerprint density at radius 3 is 2.42 bits per heavy atom. The van der Waals surface area contributed by atoms with E-state index in [1.807, 2.05) is 42.5 Å². The average molecular weight is 468 g/mol. The molecule has 4 rings (SSSR count). The van der Waals surface area contributed by atoms with Gasteiger partial charge in [0.2, 0.25) is 5.75 Å². The summed E-state index contributed by atoms with van der Waals surface area (Å²) in [4.78, 5) is 15.2. The van der Waals surface area contributed by atoms with Gasteiger partial charge in [0.1, 0.15) is 12.6 Å². The van der Waals surface area contributed by atoms with Gasteiger partial charge in [-0.3, -0.25) is 9.69 Å². The van der Waals surface area contributed by atoms with Crippen molar-refractivity contribution in [3.8, 4) is 17.2 Å². The van der Waals surface area contributed by atoms with Crippen LogP contribution in [0.15, 0.2) is 53.9 Å². The van der Waals surface area contributed by atoms with Gasteiger partial charge in [-0.05, 0) is 60.0 Å². The molecule has 1 saturated heterocycles. The smallest absolute Gasteiger partial charge is 0.320 e. The van der Waals surface area contributed by atoms with Crippen LogP contribution in [-0.2, 0) is 11.4 Å². The van der Waals surface area contributed by atoms with Crippen LogP contribution in [0, 0.1) is 6.92 Å². The molecule has 0 saturated carbocycles. The second kappa shape index (κ2) is 10.3. The number of ether oxygens (including phenoxy) is 3. The highest BCUT2D eigenvalue weighted by Gasteiger charge is 2.38. The Hall–Kier alpha value is -3.03. The van der Waals surface area contributed by atoms with E-state index >= 15 is 0 Å². The predicted octanol–water partition coefficient (Wildman–Crippen LogP) is 5.29. The van der Waals surface area contributed by atoms with Gasteiger partial charge in [-0.25, -0.2) is 0 Å². The highest BCUT2D eigenvalue weighted by Crippen LogP contribution is 2.45. The second-order valence-corrected chi connectivity index (χ2v) is 9.13. The maximum absolute atomic E-state index is 12.0. The van der Waals surface area contributed by atoms with Gasteiger partial charge in [0, 0.05) is 11.4 Å². The van der Waals surface area contributed by atoms with E-state index in [-0.39, 0.29) is 6.04 Å². The maximum Gasteiger partial charge on any atom is 0.320 e. The van der Waals surface area contributed by atoms with E-state index in [1.54, 1.807) is 25.6 Å². The molecule has 1 fully saturated rings. The number of carbonyl (C=O) groups is 1. The second-order valence-electron chi connectivity index (χ2n) is 8.19. The van der Waals surface area contributed by atoms with Crippen LogP contribution in [-0.4, -0.2) is 42.8 Å². The van der Waals surface area contributed by atoms with Crippen LogP contribution >= 0.6 is 11.3 Å². The van der Waals surface area contributed by atoms with Gasteiger partial charge < -0.3 is 19.3 Å². The molecule has 1 aromatic heterocycles. The molecule has 2 aromatic carbocycles. The maximum atomic E-state index is 12.0. The Bertz CT molecular complexity index is 1070. The first-order valence-corrected chi connectivity index (χ1v) is 11.9. The van der Waals surface area contributed by atoms with E-state index in [0.29, 0.717) is 30.3 Å². The molecule has 0 aliphatic carbocycles. The van der Waals surface area contributed by atoms with Crippen molar-refractivity contribution in [3.05, 3.63) is 75.5 Å². The van der Waals surface area contributed by atoms with E-state index in [2.05, 4.69) is 23.3 Å². The molecule has 0 amide bonds. The highest BCUT2D eigenvalue weighted by molar-refractivity contribution is 7.10. The number of nitrogens with zero attached hydrogens (tertiary/aromatic N) is 1. The van der Waals surface area contributed by atoms with Crippen LogP contribution in [0.4, 0.5) is 0 Å². The number of methoxy groups -OCH3 is 2. The lowest BCUT2D eigenvalue weighted by molar-refractivity contribution is -0.142. The summed E-state index contributed by atoms with van der Waals surface area (Å²) in [6.45, 7) is 3.15. The Labute approximate surface area is 198 Å². The largest absolute Gasteiger partial charge is 0.493 e. The van der Waals surface area contributed by atoms with Crippen LogP contribution in [0.25, 0.3) is 0 Å². The van der Waals surface area contributed by atoms with E-state index < -0.39 is 12.0 Å². The van der Waals surface area contributed by atoms with Crippen LogP contribution < -0.4 is 14.2 Å². The summed E-state index contributed by atoms with van der Waals surface area (Å²) in [6, 6.07) is 15.2. The molecule has 6 nitrogen and oxygen atoms in total. The molecule has 0 radical (unpaired) electrons. The molecule has 2 unspecified atom stereocenters. The molecule has 2 atom stereocenters. The van der Waals surface area contributed by atoms with Crippen molar-refractivity contribution in [2.45, 2.75) is 38.5 Å². The van der Waals surface area contributed by atoms with E-state index in [0.717, 1.165) is 34.5 Å². The number of carboxylic acid groups (broad SMARTS) is 1. The van der Waals surface area contributed by atoms with Crippen molar-refractivity contribution in [2.75, 3.05) is 20.8 Å². The van der Waals surface area contributed by atoms with E-state index in [1.165, 1.54) is 0 Å². The van der Waals surface area contributed by atoms with Gasteiger partial charge in [-0.15, -0.1) is 11.3 Å². The molecule has 33 heavy (non-hydrogen) atoms. The van der Waals surface area contributed by atoms with Crippen molar-refractivity contribution >= 4 is 17.3 Å². The fourth-order valence-corrected chi connectivity index (χ4v) is 5.45. The number of thiophene rings is 1. The zero-order chi connectivity index (χ0) is 23.4. The highest BCUT2D eigenvalue weighted by atomic mass is 32.1. The molecule has 1 aliphatic rings. The molecule has 1 N–H and O–H groups in total. The third-order valence-electron chi connectivity index (χ3n) is 5.96. The number of aliphatic carboxylic acids is 1. The van der Waals surface area contributed by atoms with Crippen molar-refractivity contribution in [1.29, 1.82) is 0 Å². The number of aryl methyl sites for hydroxylation is 1. The third kappa shape index (κ3) is 4.99. The summed E-state index contributed by atoms with van der Waals surface area (Å²) in [5, 5.41) is 11.9. The van der Waals surface area contributed by atoms with E-state index in [4.69, 9.17) is 14.2 Å². The van der Waals surface area contributed by atoms with Crippen LogP contribution in [0.2, 0.25) is 0 Å². The zero-order valence-corrected chi connectivity index (χ0v) is 19.9. The molecular formula is C26H29NO5S. The Kier molecular flexibility index (Phi) is 7.20. The lowest BCUT2D eigenvalue weighted by Crippen LogP contribution is -2.39. The topological polar surface area (TPSA) is 68.2 Å². The first-order chi connectivity index (χ1) is 16.0. The molecule has 3 aromatic rings. The minimum atomic E-state index is -0.785. The number of carboxylic acids is 1. The summed E-state index contributed by atoms with van der Waals surface area (Å²) in [5.74, 6) is 0.867. The number of benzene rings is 2. The summed E-state index contributed by atoms with van der Waals surface area (Å²) < 4.78 is 17.5. The molecular weight excluding hydrogens is 438 g/mol. The van der Waals surface area contributed by atoms with Crippen LogP contribution in [0.3, 0.4) is 0 Å². The summed E-state index contributed by atoms with van der Waals surface area (Å²) in [6.07, 6.45) is 1.49. The number of likely N-dealkylation sites (tertiary alicyclic amines) is 1. The number of hydrogen-bond donors (Lipinski definition) is 1. The number of hydrogen-bond acceptors (Lipinski definition) is 6. The fourth-order valence-electron chi connectivity index (χ4n) is 4.41. The van der Waals surface area contributed by atoms with Gasteiger partial charge in [0.25, 0.3) is 0 Å². The van der Waals surface area contributed by atoms with Crippen LogP contribution in [0.5, 0.6) is 17.2 Å². The summed E-state index contributed by atoms with van der Waals surface area (Å²) >= 11 is 1.64. The lowest BCUT2D eigenvalue weighted by Gasteiger charge is -2.31. The van der Waals surface area contributed by atoms with Crippen molar-refractivity contribution in [3.63, 3.8) is 0 Å². The molecule has 2 heterocycles. The van der Waals surface area contributed by atoms with Crippen molar-refractivity contribution in [2.24, 2.45) is 0 Å². The minimum absolute atomic E-state index is 0.210. The third-order valence-corrected chi connectivity index (χ3v) is 7.06. The lowest BCUT2D eigenvalue weighted by atomic mass is 10.0. The summed E-state index contributed by atoms with van der Waals surface area (Å²) in [5.41, 5.74) is 3.12. The monoisotopic (exact) mass is 467 g/mol. The zero-order valence-electron chi connectivity index (χ0n) is 19.1. The Balaban J connectivity index is 1.74. The first kappa shape index (κ1) is 23.1. The molecule has 7 heteroatoms. The average Bonchev–Trinajstić information content (AvgIpc) is 3.48. The molecule has 174 valence electrons. The molecule has 0 spiro atoms. The SMILES string of the molecule is COc1cc(C(c2cc(C)cs2)N2CCCC2C(=O)O)cc(OC)c1OCc1ccccc1. The normalized spacial score (nSPS) is 17.0. The van der Waals surface area contributed by atoms with Gasteiger partial charge in [0.05, 0.1) is 20.3 Å². The first-order valence-electron chi connectivity index (χ1n) is 11.0. The Morgan fingerprint density at radius 1 is 1.15 bits per heavy atom. The minimum Gasteiger partial charge on any atom is -0.493 e. The van der Waals surface area contributed by atoms with Crippen molar-refractivity contribution < 1.29 is 24.1 Å². The molecule has 1 aliphatic heterocycles. The van der Waals surface area contributed by atoms with Gasteiger partial charge in [0.15, 0.2) is 11.5 Å². The quantitative estimate of drug-likeness (QED) is 0.461. The Morgan fingerprint density at radius 2 is 1.85 bits per heavy atom. The van der Waals surface area contributed by atoms with Gasteiger partial charge in [-0.2, -0.15) is 0 Å². The summed E-state index contributed by atoms with van der Waals surface area (Å²) in [7, 11) is 3.21. The number of rotatable bonds is 9. The standard InChI is InChI=1S/C26H29NO5S/c1-17-12-23(33-16-17)24(27-11-7-10-20(27)26(28)29)19-13-21(30-2)25(22(14-19)31-3)32-15-18-8-5-4-6-9-18/h4-6,8-9,12-14,16,20,24H,7,10-11,15H2,1-3H3,(H,28,29). The van der Waals surface area contributed by atoms with E-state index in [9.17, 15) is 9.90 Å². The van der Waals surface area contributed by atoms with Crippen LogP contribution in [0.1, 0.15) is 40.5 Å². The van der Waals surface area contributed by atoms with Crippen molar-refractivity contribution in [1.82, 2.24) is 4.90 Å². The van der Waals surface area contributed by atoms with Gasteiger partial charge >= 0.3 is 5.97 Å². The predicted molar refractivity (Wildman–Crippen MR) is 129 cm³/mol. The molecule has 0 bridgehead atoms. The van der Waals surface area contributed by atoms with Gasteiger partial charge in [-0.1, -0.05) is 30.3 Å².